The molecule has 0 spiro atoms. The van der Waals surface area contributed by atoms with Gasteiger partial charge in [0.25, 0.3) is 0 Å². The van der Waals surface area contributed by atoms with Crippen LogP contribution >= 0.6 is 0 Å². The summed E-state index contributed by atoms with van der Waals surface area (Å²) in [6, 6.07) is 7.18. The molecule has 1 aromatic carbocycles. The van der Waals surface area contributed by atoms with Gasteiger partial charge < -0.3 is 15.1 Å². The second kappa shape index (κ2) is 5.86. The first kappa shape index (κ1) is 13.8. The maximum absolute atomic E-state index is 10.9. The summed E-state index contributed by atoms with van der Waals surface area (Å²) in [5, 5.41) is 17.5. The molecule has 0 heterocycles. The molecule has 5 nitrogen and oxygen atoms in total. The number of carboxylic acid groups (broad SMARTS) is 2. The van der Waals surface area contributed by atoms with Crippen molar-refractivity contribution in [1.29, 1.82) is 0 Å². The summed E-state index contributed by atoms with van der Waals surface area (Å²) in [5.41, 5.74) is 1.52. The van der Waals surface area contributed by atoms with Gasteiger partial charge in [-0.1, -0.05) is 12.1 Å². The summed E-state index contributed by atoms with van der Waals surface area (Å²) in [6.07, 6.45) is 0.876. The zero-order valence-electron chi connectivity index (χ0n) is 10.3. The molecule has 0 aliphatic rings. The van der Waals surface area contributed by atoms with Crippen molar-refractivity contribution in [2.75, 3.05) is 19.0 Å². The minimum absolute atomic E-state index is 0.139. The van der Waals surface area contributed by atoms with E-state index in [9.17, 15) is 9.59 Å². The van der Waals surface area contributed by atoms with E-state index in [4.69, 9.17) is 10.2 Å². The predicted octanol–water partition coefficient (Wildman–Crippen LogP) is 1.70. The van der Waals surface area contributed by atoms with Crippen LogP contribution in [0.5, 0.6) is 0 Å². The highest BCUT2D eigenvalue weighted by atomic mass is 16.4. The van der Waals surface area contributed by atoms with Crippen molar-refractivity contribution in [3.05, 3.63) is 35.4 Å². The maximum atomic E-state index is 10.9. The highest BCUT2D eigenvalue weighted by Crippen LogP contribution is 2.15. The number of hydrogen-bond acceptors (Lipinski definition) is 3. The molecule has 5 heteroatoms. The fourth-order valence-corrected chi connectivity index (χ4v) is 1.42. The van der Waals surface area contributed by atoms with Crippen molar-refractivity contribution < 1.29 is 19.8 Å². The van der Waals surface area contributed by atoms with Crippen LogP contribution < -0.4 is 4.90 Å². The lowest BCUT2D eigenvalue weighted by Gasteiger charge is -2.12. The Bertz CT molecular complexity index is 474. The largest absolute Gasteiger partial charge is 0.481 e. The molecule has 0 atom stereocenters. The van der Waals surface area contributed by atoms with Crippen LogP contribution in [0.15, 0.2) is 29.8 Å². The number of nitrogens with zero attached hydrogens (tertiary/aromatic N) is 1. The van der Waals surface area contributed by atoms with Gasteiger partial charge in [-0.2, -0.15) is 0 Å². The molecule has 0 unspecified atom stereocenters. The molecule has 0 bridgehead atoms. The van der Waals surface area contributed by atoms with E-state index in [-0.39, 0.29) is 5.57 Å². The average molecular weight is 249 g/mol. The first-order valence-corrected chi connectivity index (χ1v) is 5.33. The molecule has 0 fully saturated rings. The summed E-state index contributed by atoms with van der Waals surface area (Å²) in [4.78, 5) is 23.3. The number of anilines is 1. The lowest BCUT2D eigenvalue weighted by Crippen LogP contribution is -2.08. The molecular weight excluding hydrogens is 234 g/mol. The average Bonchev–Trinajstić information content (AvgIpc) is 2.28. The summed E-state index contributed by atoms with van der Waals surface area (Å²) < 4.78 is 0. The Labute approximate surface area is 105 Å². The fraction of sp³-hybridized carbons (Fsp3) is 0.231. The van der Waals surface area contributed by atoms with E-state index in [2.05, 4.69) is 0 Å². The number of rotatable bonds is 5. The second-order valence-corrected chi connectivity index (χ2v) is 4.03. The van der Waals surface area contributed by atoms with Gasteiger partial charge >= 0.3 is 11.9 Å². The molecule has 0 saturated heterocycles. The highest BCUT2D eigenvalue weighted by molar-refractivity contribution is 5.96. The molecule has 0 aliphatic carbocycles. The van der Waals surface area contributed by atoms with Crippen LogP contribution in [-0.4, -0.2) is 36.2 Å². The SMILES string of the molecule is CN(C)c1ccc(/C=C(\CC(=O)O)C(=O)O)cc1. The zero-order valence-corrected chi connectivity index (χ0v) is 10.3. The van der Waals surface area contributed by atoms with Crippen molar-refractivity contribution in [3.63, 3.8) is 0 Å². The topological polar surface area (TPSA) is 77.8 Å². The van der Waals surface area contributed by atoms with E-state index in [1.807, 2.05) is 31.1 Å². The molecular formula is C13H15NO4. The Morgan fingerprint density at radius 1 is 1.17 bits per heavy atom. The highest BCUT2D eigenvalue weighted by Gasteiger charge is 2.11. The van der Waals surface area contributed by atoms with E-state index in [1.165, 1.54) is 6.08 Å². The van der Waals surface area contributed by atoms with Crippen molar-refractivity contribution in [2.24, 2.45) is 0 Å². The third-order valence-corrected chi connectivity index (χ3v) is 2.37. The molecule has 0 aliphatic heterocycles. The van der Waals surface area contributed by atoms with Gasteiger partial charge in [0, 0.05) is 25.4 Å². The van der Waals surface area contributed by atoms with Crippen LogP contribution in [0.25, 0.3) is 6.08 Å². The molecule has 2 N–H and O–H groups in total. The first-order chi connectivity index (χ1) is 8.40. The van der Waals surface area contributed by atoms with Gasteiger partial charge in [0.1, 0.15) is 0 Å². The van der Waals surface area contributed by atoms with Gasteiger partial charge in [-0.3, -0.25) is 4.79 Å². The second-order valence-electron chi connectivity index (χ2n) is 4.03. The normalized spacial score (nSPS) is 11.1. The maximum Gasteiger partial charge on any atom is 0.332 e. The molecule has 96 valence electrons. The zero-order chi connectivity index (χ0) is 13.7. The third kappa shape index (κ3) is 3.93. The predicted molar refractivity (Wildman–Crippen MR) is 68.6 cm³/mol. The molecule has 0 radical (unpaired) electrons. The van der Waals surface area contributed by atoms with Gasteiger partial charge in [-0.25, -0.2) is 4.79 Å². The Kier molecular flexibility index (Phi) is 4.48. The van der Waals surface area contributed by atoms with E-state index in [0.717, 1.165) is 5.69 Å². The molecule has 18 heavy (non-hydrogen) atoms. The van der Waals surface area contributed by atoms with Gasteiger partial charge in [0.2, 0.25) is 0 Å². The summed E-state index contributed by atoms with van der Waals surface area (Å²) in [7, 11) is 3.80. The van der Waals surface area contributed by atoms with E-state index in [1.54, 1.807) is 12.1 Å². The number of hydrogen-bond donors (Lipinski definition) is 2. The molecule has 0 saturated carbocycles. The monoisotopic (exact) mass is 249 g/mol. The number of carbonyl (C=O) groups is 2. The molecule has 0 aromatic heterocycles. The number of carboxylic acids is 2. The van der Waals surface area contributed by atoms with Crippen molar-refractivity contribution in [1.82, 2.24) is 0 Å². The van der Waals surface area contributed by atoms with Crippen molar-refractivity contribution in [2.45, 2.75) is 6.42 Å². The Balaban J connectivity index is 2.97. The van der Waals surface area contributed by atoms with Crippen LogP contribution in [0.1, 0.15) is 12.0 Å². The van der Waals surface area contributed by atoms with Gasteiger partial charge in [-0.05, 0) is 23.8 Å². The number of aliphatic carboxylic acids is 2. The van der Waals surface area contributed by atoms with Crippen LogP contribution in [0.2, 0.25) is 0 Å². The van der Waals surface area contributed by atoms with Crippen LogP contribution in [0, 0.1) is 0 Å². The summed E-state index contributed by atoms with van der Waals surface area (Å²) >= 11 is 0. The molecule has 0 amide bonds. The minimum atomic E-state index is -1.21. The molecule has 1 aromatic rings. The van der Waals surface area contributed by atoms with Crippen LogP contribution in [0.3, 0.4) is 0 Å². The van der Waals surface area contributed by atoms with Crippen molar-refractivity contribution in [3.8, 4) is 0 Å². The van der Waals surface area contributed by atoms with Gasteiger partial charge in [-0.15, -0.1) is 0 Å². The molecule has 1 rings (SSSR count). The van der Waals surface area contributed by atoms with E-state index < -0.39 is 18.4 Å². The lowest BCUT2D eigenvalue weighted by molar-refractivity contribution is -0.139. The Morgan fingerprint density at radius 3 is 2.11 bits per heavy atom. The van der Waals surface area contributed by atoms with E-state index >= 15 is 0 Å². The van der Waals surface area contributed by atoms with Crippen LogP contribution in [-0.2, 0) is 9.59 Å². The number of benzene rings is 1. The lowest BCUT2D eigenvalue weighted by atomic mass is 10.1. The Morgan fingerprint density at radius 2 is 1.72 bits per heavy atom. The van der Waals surface area contributed by atoms with E-state index in [0.29, 0.717) is 5.56 Å². The van der Waals surface area contributed by atoms with Crippen LogP contribution in [0.4, 0.5) is 5.69 Å². The standard InChI is InChI=1S/C13H15NO4/c1-14(2)11-5-3-9(4-6-11)7-10(13(17)18)8-12(15)16/h3-7H,8H2,1-2H3,(H,15,16)(H,17,18)/b10-7+. The third-order valence-electron chi connectivity index (χ3n) is 2.37. The smallest absolute Gasteiger partial charge is 0.332 e. The Hall–Kier alpha value is -2.30. The first-order valence-electron chi connectivity index (χ1n) is 5.33. The van der Waals surface area contributed by atoms with Gasteiger partial charge in [0.05, 0.1) is 6.42 Å². The minimum Gasteiger partial charge on any atom is -0.481 e. The summed E-state index contributed by atoms with van der Waals surface area (Å²) in [5.74, 6) is -2.37. The summed E-state index contributed by atoms with van der Waals surface area (Å²) in [6.45, 7) is 0. The van der Waals surface area contributed by atoms with Crippen molar-refractivity contribution >= 4 is 23.7 Å². The fourth-order valence-electron chi connectivity index (χ4n) is 1.42. The van der Waals surface area contributed by atoms with Gasteiger partial charge in [0.15, 0.2) is 0 Å². The quantitative estimate of drug-likeness (QED) is 0.776.